The van der Waals surface area contributed by atoms with Gasteiger partial charge in [-0.25, -0.2) is 0 Å². The summed E-state index contributed by atoms with van der Waals surface area (Å²) in [5.41, 5.74) is 10.8. The summed E-state index contributed by atoms with van der Waals surface area (Å²) in [7, 11) is 2.09. The molecule has 3 rings (SSSR count). The van der Waals surface area contributed by atoms with E-state index in [2.05, 4.69) is 48.2 Å². The maximum absolute atomic E-state index is 9.56. The molecule has 5 nitrogen and oxygen atoms in total. The Morgan fingerprint density at radius 1 is 1.22 bits per heavy atom. The molecule has 1 fully saturated rings. The molecule has 1 atom stereocenters. The average Bonchev–Trinajstić information content (AvgIpc) is 2.96. The summed E-state index contributed by atoms with van der Waals surface area (Å²) in [6.07, 6.45) is 0.588. The van der Waals surface area contributed by atoms with Gasteiger partial charge in [-0.15, -0.1) is 0 Å². The molecule has 2 aromatic rings. The van der Waals surface area contributed by atoms with Crippen LogP contribution in [0.4, 0.5) is 5.69 Å². The SMILES string of the molecule is C=C(O)C(N)Cc1c(C)n(C)c2c(N3CCOCC3)cccc12.CC.CC. The molecule has 0 radical (unpaired) electrons. The van der Waals surface area contributed by atoms with E-state index in [1.807, 2.05) is 27.7 Å². The molecule has 1 aliphatic heterocycles. The van der Waals surface area contributed by atoms with Crippen molar-refractivity contribution < 1.29 is 9.84 Å². The van der Waals surface area contributed by atoms with Crippen LogP contribution in [0.15, 0.2) is 30.5 Å². The number of ether oxygens (including phenoxy) is 1. The minimum atomic E-state index is -0.439. The molecule has 5 heteroatoms. The predicted molar refractivity (Wildman–Crippen MR) is 117 cm³/mol. The normalized spacial score (nSPS) is 14.7. The number of nitrogens with zero attached hydrogens (tertiary/aromatic N) is 2. The lowest BCUT2D eigenvalue weighted by Crippen LogP contribution is -2.36. The van der Waals surface area contributed by atoms with Crippen LogP contribution >= 0.6 is 0 Å². The van der Waals surface area contributed by atoms with Gasteiger partial charge in [0.25, 0.3) is 0 Å². The van der Waals surface area contributed by atoms with Crippen LogP contribution in [0, 0.1) is 6.92 Å². The fourth-order valence-electron chi connectivity index (χ4n) is 3.35. The van der Waals surface area contributed by atoms with E-state index in [4.69, 9.17) is 10.5 Å². The van der Waals surface area contributed by atoms with Gasteiger partial charge in [0, 0.05) is 31.2 Å². The van der Waals surface area contributed by atoms with Crippen molar-refractivity contribution in [2.45, 2.75) is 47.1 Å². The highest BCUT2D eigenvalue weighted by Crippen LogP contribution is 2.33. The first-order valence-electron chi connectivity index (χ1n) is 10.0. The number of aliphatic hydroxyl groups is 1. The largest absolute Gasteiger partial charge is 0.511 e. The topological polar surface area (TPSA) is 63.7 Å². The highest BCUT2D eigenvalue weighted by molar-refractivity contribution is 5.95. The summed E-state index contributed by atoms with van der Waals surface area (Å²) < 4.78 is 7.69. The van der Waals surface area contributed by atoms with E-state index in [-0.39, 0.29) is 5.76 Å². The molecular formula is C22H37N3O2. The van der Waals surface area contributed by atoms with E-state index in [0.717, 1.165) is 26.3 Å². The number of nitrogens with two attached hydrogens (primary N) is 1. The predicted octanol–water partition coefficient (Wildman–Crippen LogP) is 4.32. The van der Waals surface area contributed by atoms with Gasteiger partial charge in [0.2, 0.25) is 0 Å². The lowest BCUT2D eigenvalue weighted by molar-refractivity contribution is 0.123. The van der Waals surface area contributed by atoms with Gasteiger partial charge < -0.3 is 25.0 Å². The number of benzene rings is 1. The Morgan fingerprint density at radius 2 is 1.81 bits per heavy atom. The highest BCUT2D eigenvalue weighted by atomic mass is 16.5. The smallest absolute Gasteiger partial charge is 0.102 e. The molecule has 1 unspecified atom stereocenters. The lowest BCUT2D eigenvalue weighted by atomic mass is 10.0. The van der Waals surface area contributed by atoms with Crippen molar-refractivity contribution in [2.24, 2.45) is 12.8 Å². The van der Waals surface area contributed by atoms with Crippen LogP contribution in [0.25, 0.3) is 10.9 Å². The van der Waals surface area contributed by atoms with Gasteiger partial charge in [0.05, 0.1) is 30.5 Å². The molecule has 1 aliphatic rings. The number of morpholine rings is 1. The number of aryl methyl sites for hydroxylation is 1. The fraction of sp³-hybridized carbons (Fsp3) is 0.545. The third-order valence-corrected chi connectivity index (χ3v) is 4.82. The minimum Gasteiger partial charge on any atom is -0.511 e. The third kappa shape index (κ3) is 5.05. The van der Waals surface area contributed by atoms with Crippen molar-refractivity contribution in [1.82, 2.24) is 4.57 Å². The van der Waals surface area contributed by atoms with Gasteiger partial charge in [-0.05, 0) is 25.0 Å². The van der Waals surface area contributed by atoms with Gasteiger partial charge in [0.15, 0.2) is 0 Å². The zero-order valence-corrected chi connectivity index (χ0v) is 17.9. The standard InChI is InChI=1S/C18H25N3O2.2C2H6/c1-12-15(11-16(19)13(2)22)14-5-4-6-17(18(14)20(12)3)21-7-9-23-10-8-21;2*1-2/h4-6,16,22H,2,7-11,19H2,1,3H3;2*1-2H3. The van der Waals surface area contributed by atoms with Crippen molar-refractivity contribution in [3.8, 4) is 0 Å². The Balaban J connectivity index is 0.000000855. The molecule has 152 valence electrons. The molecule has 0 spiro atoms. The molecule has 1 aromatic carbocycles. The second-order valence-corrected chi connectivity index (χ2v) is 6.20. The van der Waals surface area contributed by atoms with E-state index in [1.54, 1.807) is 0 Å². The van der Waals surface area contributed by atoms with Crippen LogP contribution < -0.4 is 10.6 Å². The number of para-hydroxylation sites is 1. The Hall–Kier alpha value is -1.98. The number of hydrogen-bond donors (Lipinski definition) is 2. The first-order valence-corrected chi connectivity index (χ1v) is 10.0. The van der Waals surface area contributed by atoms with Gasteiger partial charge >= 0.3 is 0 Å². The Morgan fingerprint density at radius 3 is 2.37 bits per heavy atom. The minimum absolute atomic E-state index is 0.0331. The van der Waals surface area contributed by atoms with Gasteiger partial charge in [-0.1, -0.05) is 46.4 Å². The van der Waals surface area contributed by atoms with Crippen molar-refractivity contribution in [3.05, 3.63) is 41.8 Å². The second kappa shape index (κ2) is 11.0. The van der Waals surface area contributed by atoms with Crippen LogP contribution in [0.5, 0.6) is 0 Å². The quantitative estimate of drug-likeness (QED) is 0.781. The number of fused-ring (bicyclic) bond motifs is 1. The number of hydrogen-bond acceptors (Lipinski definition) is 4. The molecule has 27 heavy (non-hydrogen) atoms. The number of rotatable bonds is 4. The van der Waals surface area contributed by atoms with Crippen LogP contribution in [-0.4, -0.2) is 42.0 Å². The van der Waals surface area contributed by atoms with E-state index in [1.165, 1.54) is 27.8 Å². The van der Waals surface area contributed by atoms with Gasteiger partial charge in [0.1, 0.15) is 5.76 Å². The van der Waals surface area contributed by atoms with E-state index >= 15 is 0 Å². The Kier molecular flexibility index (Phi) is 9.39. The maximum atomic E-state index is 9.56. The van der Waals surface area contributed by atoms with Gasteiger partial charge in [-0.3, -0.25) is 0 Å². The number of aromatic nitrogens is 1. The molecule has 0 bridgehead atoms. The monoisotopic (exact) mass is 375 g/mol. The summed E-state index contributed by atoms with van der Waals surface area (Å²) >= 11 is 0. The van der Waals surface area contributed by atoms with Crippen LogP contribution in [0.1, 0.15) is 39.0 Å². The zero-order chi connectivity index (χ0) is 20.6. The molecule has 2 heterocycles. The lowest BCUT2D eigenvalue weighted by Gasteiger charge is -2.29. The molecule has 0 saturated carbocycles. The Labute approximate surface area is 164 Å². The second-order valence-electron chi connectivity index (χ2n) is 6.20. The summed E-state index contributed by atoms with van der Waals surface area (Å²) in [6.45, 7) is 17.0. The van der Waals surface area contributed by atoms with Crippen molar-refractivity contribution in [3.63, 3.8) is 0 Å². The van der Waals surface area contributed by atoms with Crippen LogP contribution in [0.3, 0.4) is 0 Å². The van der Waals surface area contributed by atoms with Crippen LogP contribution in [-0.2, 0) is 18.2 Å². The molecule has 0 amide bonds. The fourth-order valence-corrected chi connectivity index (χ4v) is 3.35. The molecular weight excluding hydrogens is 338 g/mol. The maximum Gasteiger partial charge on any atom is 0.102 e. The summed E-state index contributed by atoms with van der Waals surface area (Å²) in [4.78, 5) is 2.37. The highest BCUT2D eigenvalue weighted by Gasteiger charge is 2.21. The average molecular weight is 376 g/mol. The van der Waals surface area contributed by atoms with Crippen LogP contribution in [0.2, 0.25) is 0 Å². The van der Waals surface area contributed by atoms with Crippen molar-refractivity contribution >= 4 is 16.6 Å². The summed E-state index contributed by atoms with van der Waals surface area (Å²) in [5.74, 6) is 0.0331. The molecule has 3 N–H and O–H groups in total. The van der Waals surface area contributed by atoms with E-state index in [0.29, 0.717) is 6.42 Å². The third-order valence-electron chi connectivity index (χ3n) is 4.82. The Bertz CT molecular complexity index is 731. The molecule has 1 aromatic heterocycles. The zero-order valence-electron chi connectivity index (χ0n) is 17.9. The number of aliphatic hydroxyl groups excluding tert-OH is 1. The molecule has 1 saturated heterocycles. The van der Waals surface area contributed by atoms with E-state index < -0.39 is 6.04 Å². The van der Waals surface area contributed by atoms with E-state index in [9.17, 15) is 5.11 Å². The first kappa shape index (κ1) is 23.1. The summed E-state index contributed by atoms with van der Waals surface area (Å²) in [6, 6.07) is 5.96. The summed E-state index contributed by atoms with van der Waals surface area (Å²) in [5, 5.41) is 10.8. The van der Waals surface area contributed by atoms with Crippen molar-refractivity contribution in [2.75, 3.05) is 31.2 Å². The number of anilines is 1. The van der Waals surface area contributed by atoms with Crippen molar-refractivity contribution in [1.29, 1.82) is 0 Å². The molecule has 0 aliphatic carbocycles. The first-order chi connectivity index (χ1) is 13.0. The van der Waals surface area contributed by atoms with Gasteiger partial charge in [-0.2, -0.15) is 0 Å².